The number of nitrogens with zero attached hydrogens (tertiary/aromatic N) is 4. The monoisotopic (exact) mass is 457 g/mol. The highest BCUT2D eigenvalue weighted by molar-refractivity contribution is 7.99. The predicted molar refractivity (Wildman–Crippen MR) is 115 cm³/mol. The summed E-state index contributed by atoms with van der Waals surface area (Å²) >= 11 is 1.16. The van der Waals surface area contributed by atoms with Crippen LogP contribution < -0.4 is 5.32 Å². The smallest absolute Gasteiger partial charge is 0.349 e. The third-order valence-electron chi connectivity index (χ3n) is 4.68. The van der Waals surface area contributed by atoms with Crippen LogP contribution in [0.1, 0.15) is 12.0 Å². The molecule has 6 nitrogen and oxygen atoms in total. The standard InChI is InChI=1S/C22H18F3N5OS/c23-22(24,25)16-6-8-18(9-7-16)30-20(15-10-12-26-13-11-15)28-29-21(30)32-14-19(31)27-17-4-2-1-3-5-17/h1-4,6-13,17H,5,14H2,(H,27,31). The van der Waals surface area contributed by atoms with Crippen molar-refractivity contribution in [1.82, 2.24) is 25.1 Å². The van der Waals surface area contributed by atoms with Gasteiger partial charge in [-0.2, -0.15) is 13.2 Å². The van der Waals surface area contributed by atoms with E-state index in [2.05, 4.69) is 20.5 Å². The summed E-state index contributed by atoms with van der Waals surface area (Å²) in [7, 11) is 0. The van der Waals surface area contributed by atoms with Gasteiger partial charge in [-0.25, -0.2) is 0 Å². The number of carbonyl (C=O) groups excluding carboxylic acids is 1. The van der Waals surface area contributed by atoms with Gasteiger partial charge >= 0.3 is 6.18 Å². The van der Waals surface area contributed by atoms with Gasteiger partial charge in [-0.3, -0.25) is 14.3 Å². The molecule has 0 fully saturated rings. The first kappa shape index (κ1) is 21.8. The van der Waals surface area contributed by atoms with E-state index in [4.69, 9.17) is 0 Å². The fraction of sp³-hybridized carbons (Fsp3) is 0.182. The molecule has 1 aromatic carbocycles. The quantitative estimate of drug-likeness (QED) is 0.554. The Balaban J connectivity index is 1.60. The van der Waals surface area contributed by atoms with Gasteiger partial charge < -0.3 is 5.32 Å². The number of alkyl halides is 3. The lowest BCUT2D eigenvalue weighted by molar-refractivity contribution is -0.137. The van der Waals surface area contributed by atoms with E-state index in [0.717, 1.165) is 30.3 Å². The van der Waals surface area contributed by atoms with Crippen LogP contribution in [0.15, 0.2) is 78.3 Å². The fourth-order valence-corrected chi connectivity index (χ4v) is 3.91. The van der Waals surface area contributed by atoms with E-state index >= 15 is 0 Å². The normalized spacial score (nSPS) is 15.7. The molecule has 4 rings (SSSR count). The van der Waals surface area contributed by atoms with Crippen molar-refractivity contribution < 1.29 is 18.0 Å². The summed E-state index contributed by atoms with van der Waals surface area (Å²) in [6.45, 7) is 0. The second-order valence-corrected chi connectivity index (χ2v) is 7.88. The van der Waals surface area contributed by atoms with Gasteiger partial charge in [-0.05, 0) is 42.8 Å². The molecule has 0 saturated carbocycles. The first-order valence-corrected chi connectivity index (χ1v) is 10.7. The number of pyridine rings is 1. The van der Waals surface area contributed by atoms with Crippen molar-refractivity contribution in [2.24, 2.45) is 0 Å². The minimum absolute atomic E-state index is 0.0618. The fourth-order valence-electron chi connectivity index (χ4n) is 3.15. The minimum atomic E-state index is -4.43. The molecule has 0 spiro atoms. The lowest BCUT2D eigenvalue weighted by Crippen LogP contribution is -2.34. The van der Waals surface area contributed by atoms with Gasteiger partial charge in [0.25, 0.3) is 0 Å². The number of thioether (sulfide) groups is 1. The first-order chi connectivity index (χ1) is 15.4. The van der Waals surface area contributed by atoms with Crippen LogP contribution in [0.25, 0.3) is 17.1 Å². The van der Waals surface area contributed by atoms with E-state index in [-0.39, 0.29) is 17.7 Å². The molecule has 164 valence electrons. The van der Waals surface area contributed by atoms with Gasteiger partial charge in [-0.1, -0.05) is 36.1 Å². The molecular weight excluding hydrogens is 439 g/mol. The number of rotatable bonds is 6. The summed E-state index contributed by atoms with van der Waals surface area (Å²) in [6, 6.07) is 8.14. The molecule has 32 heavy (non-hydrogen) atoms. The Kier molecular flexibility index (Phi) is 6.40. The van der Waals surface area contributed by atoms with Crippen molar-refractivity contribution in [3.8, 4) is 17.1 Å². The number of amides is 1. The zero-order valence-electron chi connectivity index (χ0n) is 16.7. The van der Waals surface area contributed by atoms with Gasteiger partial charge in [0.2, 0.25) is 5.91 Å². The van der Waals surface area contributed by atoms with Crippen molar-refractivity contribution in [3.63, 3.8) is 0 Å². The topological polar surface area (TPSA) is 72.7 Å². The highest BCUT2D eigenvalue weighted by atomic mass is 32.2. The van der Waals surface area contributed by atoms with Crippen molar-refractivity contribution in [1.29, 1.82) is 0 Å². The summed E-state index contributed by atoms with van der Waals surface area (Å²) < 4.78 is 40.6. The van der Waals surface area contributed by atoms with E-state index in [9.17, 15) is 18.0 Å². The van der Waals surface area contributed by atoms with Crippen LogP contribution in [0, 0.1) is 0 Å². The molecule has 1 unspecified atom stereocenters. The number of allylic oxidation sites excluding steroid dienone is 2. The van der Waals surface area contributed by atoms with E-state index in [0.29, 0.717) is 22.2 Å². The molecule has 1 N–H and O–H groups in total. The summed E-state index contributed by atoms with van der Waals surface area (Å²) in [5.74, 6) is 0.353. The number of hydrogen-bond donors (Lipinski definition) is 1. The Labute approximate surface area is 186 Å². The van der Waals surface area contributed by atoms with E-state index in [1.165, 1.54) is 12.1 Å². The molecule has 2 heterocycles. The SMILES string of the molecule is O=C(CSc1nnc(-c2ccncc2)n1-c1ccc(C(F)(F)F)cc1)NC1C=CC=CC1. The van der Waals surface area contributed by atoms with Crippen LogP contribution in [0.4, 0.5) is 13.2 Å². The molecule has 0 bridgehead atoms. The Hall–Kier alpha value is -3.40. The van der Waals surface area contributed by atoms with Crippen LogP contribution >= 0.6 is 11.8 Å². The number of halogens is 3. The molecule has 1 atom stereocenters. The predicted octanol–water partition coefficient (Wildman–Crippen LogP) is 4.44. The average Bonchev–Trinajstić information content (AvgIpc) is 3.22. The van der Waals surface area contributed by atoms with Crippen LogP contribution in [0.5, 0.6) is 0 Å². The molecule has 2 aromatic heterocycles. The van der Waals surface area contributed by atoms with E-state index in [1.54, 1.807) is 29.1 Å². The van der Waals surface area contributed by atoms with Crippen LogP contribution in [-0.2, 0) is 11.0 Å². The zero-order chi connectivity index (χ0) is 22.6. The van der Waals surface area contributed by atoms with Gasteiger partial charge in [0.05, 0.1) is 17.4 Å². The largest absolute Gasteiger partial charge is 0.416 e. The maximum Gasteiger partial charge on any atom is 0.416 e. The second kappa shape index (κ2) is 9.39. The minimum Gasteiger partial charge on any atom is -0.349 e. The lowest BCUT2D eigenvalue weighted by Gasteiger charge is -2.15. The Bertz CT molecular complexity index is 1140. The van der Waals surface area contributed by atoms with Gasteiger partial charge in [-0.15, -0.1) is 10.2 Å². The third-order valence-corrected chi connectivity index (χ3v) is 5.61. The van der Waals surface area contributed by atoms with Gasteiger partial charge in [0, 0.05) is 23.6 Å². The van der Waals surface area contributed by atoms with E-state index in [1.807, 2.05) is 24.3 Å². The second-order valence-electron chi connectivity index (χ2n) is 6.93. The van der Waals surface area contributed by atoms with E-state index < -0.39 is 11.7 Å². The molecule has 1 aliphatic rings. The van der Waals surface area contributed by atoms with Crippen molar-refractivity contribution >= 4 is 17.7 Å². The Morgan fingerprint density at radius 2 is 1.84 bits per heavy atom. The molecule has 0 aliphatic heterocycles. The number of nitrogens with one attached hydrogen (secondary N) is 1. The Morgan fingerprint density at radius 1 is 1.09 bits per heavy atom. The number of aromatic nitrogens is 4. The summed E-state index contributed by atoms with van der Waals surface area (Å²) in [4.78, 5) is 16.4. The van der Waals surface area contributed by atoms with Gasteiger partial charge in [0.15, 0.2) is 11.0 Å². The zero-order valence-corrected chi connectivity index (χ0v) is 17.5. The van der Waals surface area contributed by atoms with Crippen molar-refractivity contribution in [3.05, 3.63) is 78.7 Å². The summed E-state index contributed by atoms with van der Waals surface area (Å²) in [5.41, 5.74) is 0.406. The highest BCUT2D eigenvalue weighted by Gasteiger charge is 2.30. The summed E-state index contributed by atoms with van der Waals surface area (Å²) in [6.07, 6.45) is 7.16. The molecule has 0 saturated heterocycles. The molecule has 3 aromatic rings. The molecule has 0 radical (unpaired) electrons. The Morgan fingerprint density at radius 3 is 2.50 bits per heavy atom. The first-order valence-electron chi connectivity index (χ1n) is 9.71. The van der Waals surface area contributed by atoms with Crippen molar-refractivity contribution in [2.45, 2.75) is 23.8 Å². The number of hydrogen-bond acceptors (Lipinski definition) is 5. The maximum absolute atomic E-state index is 13.0. The highest BCUT2D eigenvalue weighted by Crippen LogP contribution is 2.32. The van der Waals surface area contributed by atoms with Gasteiger partial charge in [0.1, 0.15) is 0 Å². The third kappa shape index (κ3) is 5.08. The molecule has 1 amide bonds. The lowest BCUT2D eigenvalue weighted by atomic mass is 10.1. The van der Waals surface area contributed by atoms with Crippen LogP contribution in [0.2, 0.25) is 0 Å². The molecule has 10 heteroatoms. The maximum atomic E-state index is 13.0. The number of carbonyl (C=O) groups is 1. The summed E-state index contributed by atoms with van der Waals surface area (Å²) in [5, 5.41) is 11.7. The average molecular weight is 457 g/mol. The molecular formula is C22H18F3N5OS. The number of benzene rings is 1. The van der Waals surface area contributed by atoms with Crippen molar-refractivity contribution in [2.75, 3.05) is 5.75 Å². The van der Waals surface area contributed by atoms with Crippen LogP contribution in [-0.4, -0.2) is 37.5 Å². The van der Waals surface area contributed by atoms with Crippen LogP contribution in [0.3, 0.4) is 0 Å². The molecule has 1 aliphatic carbocycles.